The Morgan fingerprint density at radius 1 is 1.19 bits per heavy atom. The summed E-state index contributed by atoms with van der Waals surface area (Å²) in [6.07, 6.45) is 0. The van der Waals surface area contributed by atoms with Gasteiger partial charge in [0.1, 0.15) is 0 Å². The normalized spacial score (nSPS) is 22.3. The van der Waals surface area contributed by atoms with Crippen LogP contribution in [0.5, 0.6) is 0 Å². The second-order valence-electron chi connectivity index (χ2n) is 5.64. The number of piperazine rings is 1. The molecule has 2 nitrogen and oxygen atoms in total. The van der Waals surface area contributed by atoms with Crippen LogP contribution < -0.4 is 10.2 Å². The Kier molecular flexibility index (Phi) is 4.43. The van der Waals surface area contributed by atoms with E-state index in [1.54, 1.807) is 0 Å². The Labute approximate surface area is 144 Å². The highest BCUT2D eigenvalue weighted by Gasteiger charge is 2.32. The fourth-order valence-corrected chi connectivity index (χ4v) is 3.90. The van der Waals surface area contributed by atoms with Gasteiger partial charge in [-0.2, -0.15) is 0 Å². The number of nitrogens with one attached hydrogen (secondary N) is 1. The van der Waals surface area contributed by atoms with Gasteiger partial charge in [-0.15, -0.1) is 0 Å². The molecule has 1 unspecified atom stereocenters. The van der Waals surface area contributed by atoms with Crippen LogP contribution in [0.3, 0.4) is 0 Å². The van der Waals surface area contributed by atoms with Gasteiger partial charge in [0, 0.05) is 23.2 Å². The van der Waals surface area contributed by atoms with Gasteiger partial charge in [0.2, 0.25) is 0 Å². The molecule has 1 atom stereocenters. The molecule has 1 aliphatic rings. The molecule has 110 valence electrons. The first-order valence-corrected chi connectivity index (χ1v) is 8.55. The van der Waals surface area contributed by atoms with E-state index < -0.39 is 0 Å². The van der Waals surface area contributed by atoms with Gasteiger partial charge >= 0.3 is 0 Å². The summed E-state index contributed by atoms with van der Waals surface area (Å²) in [5.41, 5.74) is 2.39. The van der Waals surface area contributed by atoms with Crippen molar-refractivity contribution >= 4 is 39.9 Å². The largest absolute Gasteiger partial charge is 0.367 e. The molecule has 4 heteroatoms. The minimum Gasteiger partial charge on any atom is -0.367 e. The van der Waals surface area contributed by atoms with E-state index in [9.17, 15) is 0 Å². The third-order valence-electron chi connectivity index (χ3n) is 4.07. The van der Waals surface area contributed by atoms with Crippen LogP contribution in [0, 0.1) is 3.57 Å². The number of hydrogen-bond acceptors (Lipinski definition) is 2. The molecule has 21 heavy (non-hydrogen) atoms. The highest BCUT2D eigenvalue weighted by Crippen LogP contribution is 2.32. The molecule has 0 bridgehead atoms. The Balaban J connectivity index is 1.89. The third kappa shape index (κ3) is 3.20. The standard InChI is InChI=1S/C17H18ClIN2/c1-17(13-5-3-2-4-6-13)12-21(10-9-20-17)16-8-7-14(19)11-15(16)18/h2-8,11,20H,9-10,12H2,1H3. The lowest BCUT2D eigenvalue weighted by Gasteiger charge is -2.43. The lowest BCUT2D eigenvalue weighted by Crippen LogP contribution is -2.56. The molecule has 1 fully saturated rings. The lowest BCUT2D eigenvalue weighted by atomic mass is 9.89. The Morgan fingerprint density at radius 2 is 1.95 bits per heavy atom. The van der Waals surface area contributed by atoms with Crippen molar-refractivity contribution in [1.82, 2.24) is 5.32 Å². The zero-order chi connectivity index (χ0) is 14.9. The van der Waals surface area contributed by atoms with Crippen LogP contribution in [0.15, 0.2) is 48.5 Å². The second-order valence-corrected chi connectivity index (χ2v) is 7.30. The summed E-state index contributed by atoms with van der Waals surface area (Å²) in [5, 5.41) is 4.49. The molecule has 0 amide bonds. The van der Waals surface area contributed by atoms with E-state index in [0.717, 1.165) is 30.3 Å². The van der Waals surface area contributed by atoms with Gasteiger partial charge in [-0.1, -0.05) is 41.9 Å². The maximum Gasteiger partial charge on any atom is 0.0650 e. The molecular formula is C17H18ClIN2. The van der Waals surface area contributed by atoms with Gasteiger partial charge in [0.15, 0.2) is 0 Å². The maximum atomic E-state index is 6.44. The second kappa shape index (κ2) is 6.15. The van der Waals surface area contributed by atoms with Gasteiger partial charge in [-0.3, -0.25) is 0 Å². The zero-order valence-corrected chi connectivity index (χ0v) is 14.9. The minimum atomic E-state index is -0.0498. The maximum absolute atomic E-state index is 6.44. The number of nitrogens with zero attached hydrogens (tertiary/aromatic N) is 1. The molecule has 1 aliphatic heterocycles. The summed E-state index contributed by atoms with van der Waals surface area (Å²) in [6.45, 7) is 5.10. The number of halogens is 2. The molecule has 2 aromatic carbocycles. The van der Waals surface area contributed by atoms with Gasteiger partial charge in [0.25, 0.3) is 0 Å². The van der Waals surface area contributed by atoms with E-state index in [0.29, 0.717) is 0 Å². The van der Waals surface area contributed by atoms with Gasteiger partial charge in [0.05, 0.1) is 16.2 Å². The first kappa shape index (κ1) is 15.1. The molecular weight excluding hydrogens is 395 g/mol. The molecule has 2 aromatic rings. The van der Waals surface area contributed by atoms with Crippen molar-refractivity contribution < 1.29 is 0 Å². The Hall–Kier alpha value is -0.780. The van der Waals surface area contributed by atoms with E-state index in [1.165, 1.54) is 9.13 Å². The highest BCUT2D eigenvalue weighted by molar-refractivity contribution is 14.1. The molecule has 0 saturated carbocycles. The van der Waals surface area contributed by atoms with Gasteiger partial charge in [-0.05, 0) is 53.3 Å². The molecule has 0 aliphatic carbocycles. The summed E-state index contributed by atoms with van der Waals surface area (Å²) in [6, 6.07) is 16.9. The molecule has 1 heterocycles. The van der Waals surface area contributed by atoms with E-state index >= 15 is 0 Å². The lowest BCUT2D eigenvalue weighted by molar-refractivity contribution is 0.332. The number of hydrogen-bond donors (Lipinski definition) is 1. The Morgan fingerprint density at radius 3 is 2.67 bits per heavy atom. The molecule has 0 spiro atoms. The smallest absolute Gasteiger partial charge is 0.0650 e. The summed E-state index contributed by atoms with van der Waals surface area (Å²) in [4.78, 5) is 2.38. The predicted octanol–water partition coefficient (Wildman–Crippen LogP) is 4.27. The quantitative estimate of drug-likeness (QED) is 0.741. The topological polar surface area (TPSA) is 15.3 Å². The fourth-order valence-electron chi connectivity index (χ4n) is 2.93. The summed E-state index contributed by atoms with van der Waals surface area (Å²) in [7, 11) is 0. The third-order valence-corrected chi connectivity index (χ3v) is 5.04. The minimum absolute atomic E-state index is 0.0498. The van der Waals surface area contributed by atoms with Crippen LogP contribution in [0.2, 0.25) is 5.02 Å². The van der Waals surface area contributed by atoms with Crippen LogP contribution in [0.25, 0.3) is 0 Å². The molecule has 0 radical (unpaired) electrons. The molecule has 3 rings (SSSR count). The van der Waals surface area contributed by atoms with Crippen molar-refractivity contribution in [3.63, 3.8) is 0 Å². The van der Waals surface area contributed by atoms with Crippen molar-refractivity contribution in [2.75, 3.05) is 24.5 Å². The van der Waals surface area contributed by atoms with Crippen molar-refractivity contribution in [1.29, 1.82) is 0 Å². The van der Waals surface area contributed by atoms with Crippen LogP contribution >= 0.6 is 34.2 Å². The molecule has 0 aromatic heterocycles. The van der Waals surface area contributed by atoms with E-state index in [1.807, 2.05) is 6.07 Å². The van der Waals surface area contributed by atoms with E-state index in [2.05, 4.69) is 82.2 Å². The van der Waals surface area contributed by atoms with E-state index in [4.69, 9.17) is 11.6 Å². The van der Waals surface area contributed by atoms with Crippen molar-refractivity contribution in [3.05, 3.63) is 62.7 Å². The number of rotatable bonds is 2. The van der Waals surface area contributed by atoms with Crippen molar-refractivity contribution in [2.24, 2.45) is 0 Å². The van der Waals surface area contributed by atoms with Gasteiger partial charge < -0.3 is 10.2 Å². The first-order valence-electron chi connectivity index (χ1n) is 7.09. The fraction of sp³-hybridized carbons (Fsp3) is 0.294. The van der Waals surface area contributed by atoms with Crippen LogP contribution in [-0.4, -0.2) is 19.6 Å². The monoisotopic (exact) mass is 412 g/mol. The van der Waals surface area contributed by atoms with Crippen LogP contribution in [0.1, 0.15) is 12.5 Å². The molecule has 1 N–H and O–H groups in total. The first-order chi connectivity index (χ1) is 10.1. The van der Waals surface area contributed by atoms with Crippen molar-refractivity contribution in [2.45, 2.75) is 12.5 Å². The highest BCUT2D eigenvalue weighted by atomic mass is 127. The van der Waals surface area contributed by atoms with Crippen LogP contribution in [-0.2, 0) is 5.54 Å². The Bertz CT molecular complexity index is 632. The predicted molar refractivity (Wildman–Crippen MR) is 98.2 cm³/mol. The van der Waals surface area contributed by atoms with E-state index in [-0.39, 0.29) is 5.54 Å². The number of benzene rings is 2. The van der Waals surface area contributed by atoms with Crippen LogP contribution in [0.4, 0.5) is 5.69 Å². The van der Waals surface area contributed by atoms with Gasteiger partial charge in [-0.25, -0.2) is 0 Å². The zero-order valence-electron chi connectivity index (χ0n) is 11.9. The van der Waals surface area contributed by atoms with Crippen molar-refractivity contribution in [3.8, 4) is 0 Å². The average molecular weight is 413 g/mol. The summed E-state index contributed by atoms with van der Waals surface area (Å²) < 4.78 is 1.17. The average Bonchev–Trinajstić information content (AvgIpc) is 2.48. The summed E-state index contributed by atoms with van der Waals surface area (Å²) >= 11 is 8.73. The summed E-state index contributed by atoms with van der Waals surface area (Å²) in [5.74, 6) is 0. The molecule has 1 saturated heterocycles. The number of anilines is 1. The SMILES string of the molecule is CC1(c2ccccc2)CN(c2ccc(I)cc2Cl)CCN1.